The van der Waals surface area contributed by atoms with Crippen LogP contribution in [0.2, 0.25) is 0 Å². The second kappa shape index (κ2) is 8.26. The van der Waals surface area contributed by atoms with Gasteiger partial charge in [-0.25, -0.2) is 14.4 Å². The third-order valence-electron chi connectivity index (χ3n) is 4.22. The molecule has 146 valence electrons. The van der Waals surface area contributed by atoms with E-state index in [2.05, 4.69) is 15.3 Å². The summed E-state index contributed by atoms with van der Waals surface area (Å²) in [6.45, 7) is 2.66. The monoisotopic (exact) mass is 403 g/mol. The molecule has 1 atom stereocenters. The van der Waals surface area contributed by atoms with Crippen molar-refractivity contribution in [1.82, 2.24) is 14.9 Å². The van der Waals surface area contributed by atoms with E-state index in [0.717, 1.165) is 12.1 Å². The first-order chi connectivity index (χ1) is 12.8. The van der Waals surface area contributed by atoms with E-state index in [9.17, 15) is 17.6 Å². The number of benzene rings is 1. The smallest absolute Gasteiger partial charge is 0.351 e. The highest BCUT2D eigenvalue weighted by atomic mass is 35.5. The second-order valence-electron chi connectivity index (χ2n) is 6.11. The highest BCUT2D eigenvalue weighted by molar-refractivity contribution is 6.19. The highest BCUT2D eigenvalue weighted by Crippen LogP contribution is 2.31. The first-order valence-electron chi connectivity index (χ1n) is 8.33. The summed E-state index contributed by atoms with van der Waals surface area (Å²) < 4.78 is 51.0. The van der Waals surface area contributed by atoms with Gasteiger partial charge >= 0.3 is 6.18 Å². The molecule has 1 unspecified atom stereocenters. The van der Waals surface area contributed by atoms with Crippen LogP contribution in [0.3, 0.4) is 0 Å². The van der Waals surface area contributed by atoms with Crippen LogP contribution in [0.15, 0.2) is 36.7 Å². The van der Waals surface area contributed by atoms with E-state index in [1.807, 2.05) is 9.80 Å². The lowest BCUT2D eigenvalue weighted by Crippen LogP contribution is -2.48. The molecular weight excluding hydrogens is 386 g/mol. The fraction of sp³-hybridized carbons (Fsp3) is 0.412. The van der Waals surface area contributed by atoms with E-state index in [-0.39, 0.29) is 6.54 Å². The maximum absolute atomic E-state index is 12.9. The molecule has 1 aromatic carbocycles. The van der Waals surface area contributed by atoms with E-state index in [1.165, 1.54) is 18.3 Å². The average Bonchev–Trinajstić information content (AvgIpc) is 2.62. The summed E-state index contributed by atoms with van der Waals surface area (Å²) in [6.07, 6.45) is -1.32. The van der Waals surface area contributed by atoms with E-state index >= 15 is 0 Å². The topological polar surface area (TPSA) is 44.3 Å². The number of rotatable bonds is 5. The second-order valence-corrected chi connectivity index (χ2v) is 6.58. The van der Waals surface area contributed by atoms with Crippen LogP contribution in [0.4, 0.5) is 34.9 Å². The molecule has 0 saturated carbocycles. The minimum Gasteiger partial charge on any atom is -0.351 e. The average molecular weight is 404 g/mol. The molecule has 1 N–H and O–H groups in total. The van der Waals surface area contributed by atoms with Crippen molar-refractivity contribution < 1.29 is 17.6 Å². The fourth-order valence-corrected chi connectivity index (χ4v) is 3.06. The van der Waals surface area contributed by atoms with Gasteiger partial charge in [0.05, 0.1) is 5.56 Å². The summed E-state index contributed by atoms with van der Waals surface area (Å²) in [7, 11) is 0. The Bertz CT molecular complexity index is 746. The zero-order chi connectivity index (χ0) is 19.4. The molecule has 1 aliphatic rings. The van der Waals surface area contributed by atoms with Crippen molar-refractivity contribution in [3.05, 3.63) is 42.2 Å². The Labute approximate surface area is 159 Å². The maximum atomic E-state index is 12.9. The molecule has 0 amide bonds. The Balaban J connectivity index is 1.70. The summed E-state index contributed by atoms with van der Waals surface area (Å²) >= 11 is 5.39. The number of nitrogens with zero attached hydrogens (tertiary/aromatic N) is 4. The number of hydrogen-bond donors (Lipinski definition) is 1. The molecule has 1 fully saturated rings. The van der Waals surface area contributed by atoms with Gasteiger partial charge in [-0.05, 0) is 24.3 Å². The van der Waals surface area contributed by atoms with Crippen molar-refractivity contribution in [3.8, 4) is 0 Å². The zero-order valence-electron chi connectivity index (χ0n) is 14.3. The molecule has 0 bridgehead atoms. The van der Waals surface area contributed by atoms with Crippen LogP contribution in [-0.4, -0.2) is 53.2 Å². The van der Waals surface area contributed by atoms with Crippen molar-refractivity contribution in [2.45, 2.75) is 11.8 Å². The van der Waals surface area contributed by atoms with E-state index in [1.54, 1.807) is 6.20 Å². The molecule has 1 aromatic heterocycles. The lowest BCUT2D eigenvalue weighted by Gasteiger charge is -2.35. The molecule has 3 rings (SSSR count). The summed E-state index contributed by atoms with van der Waals surface area (Å²) in [5, 5.41) is 3.01. The van der Waals surface area contributed by atoms with Crippen LogP contribution in [0.25, 0.3) is 0 Å². The highest BCUT2D eigenvalue weighted by Gasteiger charge is 2.30. The van der Waals surface area contributed by atoms with Gasteiger partial charge in [0.15, 0.2) is 17.3 Å². The standard InChI is InChI=1S/C17H18ClF4N5/c18-14(19)11-26-7-9-27(10-8-26)16-15(23-5-6-24-16)25-13-3-1-12(2-4-13)17(20,21)22/h1-6,14H,7-11H2,(H,23,25). The Morgan fingerprint density at radius 2 is 1.67 bits per heavy atom. The number of halogens is 5. The van der Waals surface area contributed by atoms with Gasteiger partial charge in [-0.1, -0.05) is 11.6 Å². The minimum absolute atomic E-state index is 0.173. The van der Waals surface area contributed by atoms with Gasteiger partial charge in [0.2, 0.25) is 0 Å². The quantitative estimate of drug-likeness (QED) is 0.606. The Morgan fingerprint density at radius 1 is 1.04 bits per heavy atom. The molecule has 2 aromatic rings. The third kappa shape index (κ3) is 5.20. The predicted octanol–water partition coefficient (Wildman–Crippen LogP) is 3.90. The van der Waals surface area contributed by atoms with Gasteiger partial charge < -0.3 is 10.2 Å². The molecule has 10 heteroatoms. The van der Waals surface area contributed by atoms with Crippen LogP contribution >= 0.6 is 11.6 Å². The molecule has 0 spiro atoms. The summed E-state index contributed by atoms with van der Waals surface area (Å²) in [5.41, 5.74) is -1.63. The molecule has 2 heterocycles. The molecule has 0 aliphatic carbocycles. The van der Waals surface area contributed by atoms with E-state index in [4.69, 9.17) is 11.6 Å². The van der Waals surface area contributed by atoms with E-state index in [0.29, 0.717) is 43.5 Å². The Morgan fingerprint density at radius 3 is 2.26 bits per heavy atom. The van der Waals surface area contributed by atoms with Gasteiger partial charge in [0.25, 0.3) is 0 Å². The third-order valence-corrected chi connectivity index (χ3v) is 4.36. The maximum Gasteiger partial charge on any atom is 0.416 e. The Kier molecular flexibility index (Phi) is 6.01. The van der Waals surface area contributed by atoms with Crippen LogP contribution in [0.1, 0.15) is 5.56 Å². The number of nitrogens with one attached hydrogen (secondary N) is 1. The van der Waals surface area contributed by atoms with Crippen molar-refractivity contribution in [3.63, 3.8) is 0 Å². The van der Waals surface area contributed by atoms with Crippen molar-refractivity contribution in [2.75, 3.05) is 42.9 Å². The van der Waals surface area contributed by atoms with Gasteiger partial charge in [-0.15, -0.1) is 0 Å². The summed E-state index contributed by atoms with van der Waals surface area (Å²) in [6, 6.07) is 4.72. The number of alkyl halides is 5. The van der Waals surface area contributed by atoms with Crippen molar-refractivity contribution in [1.29, 1.82) is 0 Å². The summed E-state index contributed by atoms with van der Waals surface area (Å²) in [5.74, 6) is 1.05. The van der Waals surface area contributed by atoms with Gasteiger partial charge in [-0.2, -0.15) is 13.2 Å². The van der Waals surface area contributed by atoms with Crippen LogP contribution in [0, 0.1) is 0 Å². The lowest BCUT2D eigenvalue weighted by atomic mass is 10.2. The molecule has 1 aliphatic heterocycles. The molecule has 27 heavy (non-hydrogen) atoms. The first-order valence-corrected chi connectivity index (χ1v) is 8.77. The number of aromatic nitrogens is 2. The van der Waals surface area contributed by atoms with Gasteiger partial charge in [0, 0.05) is 50.8 Å². The Hall–Kier alpha value is -2.13. The number of anilines is 3. The van der Waals surface area contributed by atoms with E-state index < -0.39 is 17.4 Å². The summed E-state index contributed by atoms with van der Waals surface area (Å²) in [4.78, 5) is 12.5. The van der Waals surface area contributed by atoms with Crippen molar-refractivity contribution in [2.24, 2.45) is 0 Å². The largest absolute Gasteiger partial charge is 0.416 e. The first kappa shape index (κ1) is 19.6. The SMILES string of the molecule is FC(Cl)CN1CCN(c2nccnc2Nc2ccc(C(F)(F)F)cc2)CC1. The van der Waals surface area contributed by atoms with Crippen LogP contribution in [-0.2, 0) is 6.18 Å². The van der Waals surface area contributed by atoms with Crippen molar-refractivity contribution >= 4 is 28.9 Å². The van der Waals surface area contributed by atoms with Crippen LogP contribution < -0.4 is 10.2 Å². The number of piperazine rings is 1. The normalized spacial score (nSPS) is 17.0. The predicted molar refractivity (Wildman–Crippen MR) is 96.2 cm³/mol. The van der Waals surface area contributed by atoms with Crippen LogP contribution in [0.5, 0.6) is 0 Å². The number of hydrogen-bond acceptors (Lipinski definition) is 5. The molecule has 5 nitrogen and oxygen atoms in total. The zero-order valence-corrected chi connectivity index (χ0v) is 15.0. The molecular formula is C17H18ClF4N5. The minimum atomic E-state index is -4.38. The lowest BCUT2D eigenvalue weighted by molar-refractivity contribution is -0.137. The molecule has 1 saturated heterocycles. The van der Waals surface area contributed by atoms with Gasteiger partial charge in [-0.3, -0.25) is 4.90 Å². The fourth-order valence-electron chi connectivity index (χ4n) is 2.87. The van der Waals surface area contributed by atoms with Gasteiger partial charge in [0.1, 0.15) is 0 Å². The molecule has 0 radical (unpaired) electrons.